The molecule has 2 rings (SSSR count). The largest absolute Gasteiger partial charge is 0.494 e. The Morgan fingerprint density at radius 1 is 1.03 bits per heavy atom. The first-order valence-corrected chi connectivity index (χ1v) is 12.0. The molecule has 2 aromatic rings. The number of nitrogens with zero attached hydrogens (tertiary/aromatic N) is 2. The topological polar surface area (TPSA) is 222 Å². The van der Waals surface area contributed by atoms with Gasteiger partial charge in [0, 0.05) is 0 Å². The number of nitrogen functional groups attached to an aromatic ring is 2. The van der Waals surface area contributed by atoms with Crippen molar-refractivity contribution < 1.29 is 44.9 Å². The zero-order valence-electron chi connectivity index (χ0n) is 16.2. The van der Waals surface area contributed by atoms with E-state index in [9.17, 15) is 21.4 Å². The van der Waals surface area contributed by atoms with E-state index < -0.39 is 30.6 Å². The highest BCUT2D eigenvalue weighted by Gasteiger charge is 2.19. The van der Waals surface area contributed by atoms with Gasteiger partial charge in [0.25, 0.3) is 10.1 Å². The number of methoxy groups -OCH3 is 1. The summed E-state index contributed by atoms with van der Waals surface area (Å²) in [4.78, 5) is -0.749. The third-order valence-corrected chi connectivity index (χ3v) is 6.72. The summed E-state index contributed by atoms with van der Waals surface area (Å²) in [7, 11) is -7.14. The lowest BCUT2D eigenvalue weighted by atomic mass is 10.2. The van der Waals surface area contributed by atoms with Crippen molar-refractivity contribution in [1.82, 2.24) is 0 Å². The SMILES string of the molecule is COc1ccc(S(=O)(=O)CCOSOOO)cc1/N=N/c1cc(S(=O)(=O)O)c(N)cc1N. The Bertz CT molecular complexity index is 1200. The van der Waals surface area contributed by atoms with Gasteiger partial charge in [0.05, 0.1) is 35.7 Å². The van der Waals surface area contributed by atoms with Gasteiger partial charge in [0.2, 0.25) is 0 Å². The molecule has 32 heavy (non-hydrogen) atoms. The Morgan fingerprint density at radius 2 is 1.72 bits per heavy atom. The number of hydrogen-bond acceptors (Lipinski definition) is 14. The lowest BCUT2D eigenvalue weighted by Crippen LogP contribution is -2.11. The fourth-order valence-electron chi connectivity index (χ4n) is 2.29. The Hall–Kier alpha value is -2.51. The Balaban J connectivity index is 2.35. The number of rotatable bonds is 11. The standard InChI is InChI=1S/C15H18N4O10S3/c1-26-14-3-2-9(31(21,22)5-4-27-30-29-28-20)6-13(14)19-18-12-8-15(32(23,24)25)11(17)7-10(12)16/h2-3,6-8,20H,4-5,16-17H2,1H3,(H,23,24,25)/b19-18+. The first-order valence-electron chi connectivity index (χ1n) is 8.25. The average molecular weight is 511 g/mol. The molecular weight excluding hydrogens is 492 g/mol. The molecule has 0 saturated heterocycles. The lowest BCUT2D eigenvalue weighted by Gasteiger charge is -2.09. The van der Waals surface area contributed by atoms with E-state index >= 15 is 0 Å². The van der Waals surface area contributed by atoms with E-state index in [4.69, 9.17) is 25.6 Å². The van der Waals surface area contributed by atoms with Crippen LogP contribution in [0.1, 0.15) is 0 Å². The van der Waals surface area contributed by atoms with Crippen LogP contribution in [-0.4, -0.2) is 46.1 Å². The molecule has 0 spiro atoms. The van der Waals surface area contributed by atoms with Crippen LogP contribution in [0.25, 0.3) is 0 Å². The van der Waals surface area contributed by atoms with Crippen LogP contribution in [0, 0.1) is 0 Å². The number of nitrogens with two attached hydrogens (primary N) is 2. The van der Waals surface area contributed by atoms with Gasteiger partial charge < -0.3 is 16.2 Å². The molecule has 0 aromatic heterocycles. The van der Waals surface area contributed by atoms with Crippen molar-refractivity contribution in [3.05, 3.63) is 30.3 Å². The van der Waals surface area contributed by atoms with Crippen molar-refractivity contribution in [3.63, 3.8) is 0 Å². The molecular formula is C15H18N4O10S3. The van der Waals surface area contributed by atoms with Crippen LogP contribution in [0.3, 0.4) is 0 Å². The summed E-state index contributed by atoms with van der Waals surface area (Å²) in [6, 6.07) is 5.80. The van der Waals surface area contributed by atoms with Gasteiger partial charge in [-0.15, -0.1) is 14.6 Å². The summed E-state index contributed by atoms with van der Waals surface area (Å²) < 4.78 is 70.9. The van der Waals surface area contributed by atoms with E-state index in [-0.39, 0.29) is 52.3 Å². The smallest absolute Gasteiger partial charge is 0.296 e. The molecule has 0 aliphatic heterocycles. The van der Waals surface area contributed by atoms with Gasteiger partial charge >= 0.3 is 0 Å². The monoisotopic (exact) mass is 510 g/mol. The van der Waals surface area contributed by atoms with E-state index in [2.05, 4.69) is 19.6 Å². The lowest BCUT2D eigenvalue weighted by molar-refractivity contribution is -0.434. The second-order valence-corrected chi connectivity index (χ2v) is 9.82. The molecule has 0 amide bonds. The maximum atomic E-state index is 12.5. The number of ether oxygens (including phenoxy) is 1. The average Bonchev–Trinajstić information content (AvgIpc) is 2.71. The number of sulfone groups is 1. The summed E-state index contributed by atoms with van der Waals surface area (Å²) in [5.41, 5.74) is 10.8. The van der Waals surface area contributed by atoms with Crippen molar-refractivity contribution in [2.75, 3.05) is 30.9 Å². The molecule has 0 unspecified atom stereocenters. The van der Waals surface area contributed by atoms with Crippen molar-refractivity contribution in [1.29, 1.82) is 0 Å². The summed E-state index contributed by atoms with van der Waals surface area (Å²) in [6.07, 6.45) is 0. The Morgan fingerprint density at radius 3 is 2.34 bits per heavy atom. The molecule has 0 atom stereocenters. The molecule has 0 bridgehead atoms. The van der Waals surface area contributed by atoms with Gasteiger partial charge in [-0.25, -0.2) is 13.7 Å². The molecule has 2 aromatic carbocycles. The first kappa shape index (κ1) is 25.7. The minimum absolute atomic E-state index is 0.00878. The van der Waals surface area contributed by atoms with Crippen molar-refractivity contribution in [3.8, 4) is 5.75 Å². The summed E-state index contributed by atoms with van der Waals surface area (Å²) in [5.74, 6) is -0.280. The third kappa shape index (κ3) is 6.74. The van der Waals surface area contributed by atoms with Crippen LogP contribution in [0.5, 0.6) is 5.75 Å². The highest BCUT2D eigenvalue weighted by molar-refractivity contribution is 7.91. The van der Waals surface area contributed by atoms with Gasteiger partial charge in [0.15, 0.2) is 22.2 Å². The molecule has 0 saturated carbocycles. The summed E-state index contributed by atoms with van der Waals surface area (Å²) in [5, 5.41) is 19.0. The molecule has 17 heteroatoms. The maximum absolute atomic E-state index is 12.5. The number of benzene rings is 2. The summed E-state index contributed by atoms with van der Waals surface area (Å²) in [6.45, 7) is -0.292. The maximum Gasteiger partial charge on any atom is 0.296 e. The van der Waals surface area contributed by atoms with E-state index in [1.54, 1.807) is 0 Å². The quantitative estimate of drug-likeness (QED) is 0.0648. The van der Waals surface area contributed by atoms with Gasteiger partial charge in [-0.3, -0.25) is 8.74 Å². The van der Waals surface area contributed by atoms with Crippen LogP contribution in [0.4, 0.5) is 22.7 Å². The Kier molecular flexibility index (Phi) is 8.75. The van der Waals surface area contributed by atoms with E-state index in [1.165, 1.54) is 25.3 Å². The fraction of sp³-hybridized carbons (Fsp3) is 0.200. The second kappa shape index (κ2) is 10.9. The van der Waals surface area contributed by atoms with Crippen molar-refractivity contribution >= 4 is 55.0 Å². The molecule has 0 aliphatic carbocycles. The zero-order valence-corrected chi connectivity index (χ0v) is 18.7. The van der Waals surface area contributed by atoms with Crippen LogP contribution in [0.2, 0.25) is 0 Å². The second-order valence-electron chi connectivity index (χ2n) is 5.81. The minimum Gasteiger partial charge on any atom is -0.494 e. The van der Waals surface area contributed by atoms with Crippen molar-refractivity contribution in [2.24, 2.45) is 10.2 Å². The van der Waals surface area contributed by atoms with Crippen molar-refractivity contribution in [2.45, 2.75) is 9.79 Å². The van der Waals surface area contributed by atoms with Gasteiger partial charge in [-0.2, -0.15) is 8.42 Å². The van der Waals surface area contributed by atoms with Gasteiger partial charge in [-0.05, 0) is 30.3 Å². The molecule has 0 aliphatic rings. The predicted molar refractivity (Wildman–Crippen MR) is 113 cm³/mol. The number of anilines is 2. The van der Waals surface area contributed by atoms with E-state index in [0.717, 1.165) is 12.1 Å². The zero-order chi connectivity index (χ0) is 23.9. The van der Waals surface area contributed by atoms with Gasteiger partial charge in [-0.1, -0.05) is 5.04 Å². The molecule has 176 valence electrons. The summed E-state index contributed by atoms with van der Waals surface area (Å²) >= 11 is 0.238. The molecule has 0 heterocycles. The van der Waals surface area contributed by atoms with E-state index in [1.807, 2.05) is 0 Å². The highest BCUT2D eigenvalue weighted by Crippen LogP contribution is 2.35. The van der Waals surface area contributed by atoms with Crippen LogP contribution < -0.4 is 16.2 Å². The van der Waals surface area contributed by atoms with Gasteiger partial charge in [0.1, 0.15) is 22.0 Å². The van der Waals surface area contributed by atoms with Crippen LogP contribution in [-0.2, 0) is 33.5 Å². The molecule has 0 fully saturated rings. The van der Waals surface area contributed by atoms with Crippen LogP contribution >= 0.6 is 12.3 Å². The Labute approximate surface area is 187 Å². The first-order chi connectivity index (χ1) is 15.0. The fourth-order valence-corrected chi connectivity index (χ4v) is 4.33. The molecule has 6 N–H and O–H groups in total. The third-order valence-electron chi connectivity index (χ3n) is 3.75. The molecule has 14 nitrogen and oxygen atoms in total. The highest BCUT2D eigenvalue weighted by atomic mass is 32.2. The normalized spacial score (nSPS) is 12.3. The minimum atomic E-state index is -4.64. The number of azo groups is 1. The molecule has 0 radical (unpaired) electrons. The number of hydrogen-bond donors (Lipinski definition) is 4. The van der Waals surface area contributed by atoms with E-state index in [0.29, 0.717) is 0 Å². The van der Waals surface area contributed by atoms with Crippen LogP contribution in [0.15, 0.2) is 50.4 Å². The predicted octanol–water partition coefficient (Wildman–Crippen LogP) is 2.30.